The van der Waals surface area contributed by atoms with Crippen LogP contribution in [0.15, 0.2) is 30.3 Å². The lowest BCUT2D eigenvalue weighted by Crippen LogP contribution is -2.20. The fourth-order valence-electron chi connectivity index (χ4n) is 3.96. The average molecular weight is 346 g/mol. The van der Waals surface area contributed by atoms with Crippen molar-refractivity contribution in [2.75, 3.05) is 11.9 Å². The van der Waals surface area contributed by atoms with Crippen LogP contribution in [0.5, 0.6) is 0 Å². The van der Waals surface area contributed by atoms with Gasteiger partial charge >= 0.3 is 0 Å². The van der Waals surface area contributed by atoms with Crippen LogP contribution in [0, 0.1) is 17.8 Å². The van der Waals surface area contributed by atoms with E-state index in [1.54, 1.807) is 4.68 Å². The third-order valence-electron chi connectivity index (χ3n) is 5.19. The van der Waals surface area contributed by atoms with Crippen molar-refractivity contribution in [2.45, 2.75) is 25.8 Å². The van der Waals surface area contributed by atoms with E-state index in [-0.39, 0.29) is 18.4 Å². The molecule has 2 saturated carbocycles. The van der Waals surface area contributed by atoms with Crippen LogP contribution in [0.25, 0.3) is 11.3 Å². The Morgan fingerprint density at radius 3 is 2.67 bits per heavy atom. The summed E-state index contributed by atoms with van der Waals surface area (Å²) in [6.45, 7) is 0.319. The second-order valence-electron chi connectivity index (χ2n) is 6.64. The summed E-state index contributed by atoms with van der Waals surface area (Å²) >= 11 is 5.93. The number of aromatic nitrogens is 2. The van der Waals surface area contributed by atoms with Gasteiger partial charge in [0, 0.05) is 22.6 Å². The Kier molecular flexibility index (Phi) is 4.06. The van der Waals surface area contributed by atoms with Crippen molar-refractivity contribution in [3.63, 3.8) is 0 Å². The van der Waals surface area contributed by atoms with E-state index in [1.807, 2.05) is 30.3 Å². The molecule has 0 spiro atoms. The molecule has 1 heterocycles. The Hall–Kier alpha value is -1.85. The summed E-state index contributed by atoms with van der Waals surface area (Å²) in [5.74, 6) is 2.05. The first kappa shape index (κ1) is 15.7. The van der Waals surface area contributed by atoms with Gasteiger partial charge in [0.05, 0.1) is 18.8 Å². The van der Waals surface area contributed by atoms with Crippen molar-refractivity contribution >= 4 is 23.3 Å². The maximum Gasteiger partial charge on any atom is 0.229 e. The first-order valence-electron chi connectivity index (χ1n) is 8.43. The predicted molar refractivity (Wildman–Crippen MR) is 92.7 cm³/mol. The number of nitrogens with zero attached hydrogens (tertiary/aromatic N) is 2. The van der Waals surface area contributed by atoms with Gasteiger partial charge in [0.25, 0.3) is 0 Å². The third kappa shape index (κ3) is 2.82. The smallest absolute Gasteiger partial charge is 0.229 e. The molecule has 1 amide bonds. The summed E-state index contributed by atoms with van der Waals surface area (Å²) in [7, 11) is 0. The summed E-state index contributed by atoms with van der Waals surface area (Å²) in [5, 5.41) is 17.4. The van der Waals surface area contributed by atoms with Crippen molar-refractivity contribution < 1.29 is 9.90 Å². The highest BCUT2D eigenvalue weighted by molar-refractivity contribution is 6.30. The molecule has 2 N–H and O–H groups in total. The van der Waals surface area contributed by atoms with Crippen molar-refractivity contribution in [1.82, 2.24) is 9.78 Å². The number of carbonyl (C=O) groups excluding carboxylic acids is 1. The van der Waals surface area contributed by atoms with Gasteiger partial charge in [-0.15, -0.1) is 0 Å². The monoisotopic (exact) mass is 345 g/mol. The molecular weight excluding hydrogens is 326 g/mol. The largest absolute Gasteiger partial charge is 0.394 e. The van der Waals surface area contributed by atoms with Gasteiger partial charge in [-0.3, -0.25) is 4.79 Å². The lowest BCUT2D eigenvalue weighted by atomic mass is 10.1. The number of benzene rings is 1. The predicted octanol–water partition coefficient (Wildman–Crippen LogP) is 3.18. The van der Waals surface area contributed by atoms with E-state index in [4.69, 9.17) is 11.6 Å². The zero-order valence-corrected chi connectivity index (χ0v) is 14.0. The van der Waals surface area contributed by atoms with Gasteiger partial charge in [-0.25, -0.2) is 4.68 Å². The molecule has 1 aromatic heterocycles. The zero-order chi connectivity index (χ0) is 16.7. The van der Waals surface area contributed by atoms with Crippen LogP contribution in [0.2, 0.25) is 5.02 Å². The molecule has 2 atom stereocenters. The molecule has 0 saturated heterocycles. The van der Waals surface area contributed by atoms with Crippen LogP contribution >= 0.6 is 11.6 Å². The highest BCUT2D eigenvalue weighted by Gasteiger charge is 2.56. The number of hydrogen-bond acceptors (Lipinski definition) is 3. The first-order chi connectivity index (χ1) is 11.7. The summed E-state index contributed by atoms with van der Waals surface area (Å²) in [6.07, 6.45) is 3.60. The molecule has 2 aliphatic carbocycles. The van der Waals surface area contributed by atoms with Crippen molar-refractivity contribution in [3.8, 4) is 11.3 Å². The van der Waals surface area contributed by atoms with Crippen molar-refractivity contribution in [2.24, 2.45) is 17.8 Å². The number of rotatable bonds is 5. The van der Waals surface area contributed by atoms with Gasteiger partial charge in [0.15, 0.2) is 0 Å². The number of aliphatic hydroxyl groups excluding tert-OH is 1. The van der Waals surface area contributed by atoms with Crippen LogP contribution in [0.1, 0.15) is 19.3 Å². The molecule has 24 heavy (non-hydrogen) atoms. The van der Waals surface area contributed by atoms with E-state index in [0.29, 0.717) is 29.2 Å². The number of halogens is 1. The zero-order valence-electron chi connectivity index (χ0n) is 13.3. The van der Waals surface area contributed by atoms with E-state index >= 15 is 0 Å². The minimum Gasteiger partial charge on any atom is -0.394 e. The highest BCUT2D eigenvalue weighted by Crippen LogP contribution is 2.57. The molecule has 2 unspecified atom stereocenters. The first-order valence-corrected chi connectivity index (χ1v) is 8.80. The molecule has 4 rings (SSSR count). The molecule has 126 valence electrons. The summed E-state index contributed by atoms with van der Waals surface area (Å²) in [5.41, 5.74) is 1.68. The molecule has 2 aliphatic rings. The number of amides is 1. The standard InChI is InChI=1S/C18H20ClN3O2/c19-12-6-4-11(5-7-12)15-10-16(22(21-15)8-9-23)20-18(24)17-13-2-1-3-14(13)17/h4-7,10,13-14,17,23H,1-3,8-9H2,(H,20,24). The van der Waals surface area contributed by atoms with Gasteiger partial charge in [-0.2, -0.15) is 5.10 Å². The van der Waals surface area contributed by atoms with Gasteiger partial charge < -0.3 is 10.4 Å². The Morgan fingerprint density at radius 2 is 2.00 bits per heavy atom. The number of carbonyl (C=O) groups is 1. The van der Waals surface area contributed by atoms with Crippen molar-refractivity contribution in [1.29, 1.82) is 0 Å². The van der Waals surface area contributed by atoms with Gasteiger partial charge in [-0.1, -0.05) is 30.2 Å². The molecule has 0 radical (unpaired) electrons. The Labute approximate surface area is 145 Å². The topological polar surface area (TPSA) is 67.2 Å². The Balaban J connectivity index is 1.55. The van der Waals surface area contributed by atoms with Crippen LogP contribution in [-0.4, -0.2) is 27.4 Å². The Morgan fingerprint density at radius 1 is 1.29 bits per heavy atom. The van der Waals surface area contributed by atoms with Gasteiger partial charge in [0.2, 0.25) is 5.91 Å². The molecule has 0 aliphatic heterocycles. The second kappa shape index (κ2) is 6.22. The molecule has 5 nitrogen and oxygen atoms in total. The van der Waals surface area contributed by atoms with Gasteiger partial charge in [0.1, 0.15) is 5.82 Å². The maximum atomic E-state index is 12.5. The number of aliphatic hydroxyl groups is 1. The van der Waals surface area contributed by atoms with E-state index < -0.39 is 0 Å². The quantitative estimate of drug-likeness (QED) is 0.874. The molecule has 2 aromatic rings. The van der Waals surface area contributed by atoms with E-state index in [2.05, 4.69) is 10.4 Å². The van der Waals surface area contributed by atoms with E-state index in [9.17, 15) is 9.90 Å². The lowest BCUT2D eigenvalue weighted by Gasteiger charge is -2.08. The van der Waals surface area contributed by atoms with Gasteiger partial charge in [-0.05, 0) is 36.8 Å². The fraction of sp³-hybridized carbons (Fsp3) is 0.444. The maximum absolute atomic E-state index is 12.5. The number of nitrogens with one attached hydrogen (secondary N) is 1. The summed E-state index contributed by atoms with van der Waals surface area (Å²) in [4.78, 5) is 12.5. The SMILES string of the molecule is O=C(Nc1cc(-c2ccc(Cl)cc2)nn1CCO)C1C2CCCC21. The van der Waals surface area contributed by atoms with Crippen LogP contribution < -0.4 is 5.32 Å². The molecule has 0 bridgehead atoms. The molecular formula is C18H20ClN3O2. The molecule has 6 heteroatoms. The second-order valence-corrected chi connectivity index (χ2v) is 7.08. The number of anilines is 1. The van der Waals surface area contributed by atoms with Crippen LogP contribution in [0.4, 0.5) is 5.82 Å². The summed E-state index contributed by atoms with van der Waals surface area (Å²) < 4.78 is 1.65. The molecule has 1 aromatic carbocycles. The fourth-order valence-corrected chi connectivity index (χ4v) is 4.09. The third-order valence-corrected chi connectivity index (χ3v) is 5.44. The normalized spacial score (nSPS) is 24.7. The van der Waals surface area contributed by atoms with Crippen LogP contribution in [0.3, 0.4) is 0 Å². The Bertz CT molecular complexity index is 746. The molecule has 2 fully saturated rings. The minimum atomic E-state index is -0.0285. The van der Waals surface area contributed by atoms with Crippen LogP contribution in [-0.2, 0) is 11.3 Å². The van der Waals surface area contributed by atoms with E-state index in [0.717, 1.165) is 11.3 Å². The summed E-state index contributed by atoms with van der Waals surface area (Å²) in [6, 6.07) is 9.27. The number of hydrogen-bond donors (Lipinski definition) is 2. The van der Waals surface area contributed by atoms with Crippen molar-refractivity contribution in [3.05, 3.63) is 35.4 Å². The highest BCUT2D eigenvalue weighted by atomic mass is 35.5. The average Bonchev–Trinajstić information content (AvgIpc) is 2.90. The lowest BCUT2D eigenvalue weighted by molar-refractivity contribution is -0.118. The van der Waals surface area contributed by atoms with E-state index in [1.165, 1.54) is 19.3 Å². The number of fused-ring (bicyclic) bond motifs is 1. The minimum absolute atomic E-state index is 0.0285.